The van der Waals surface area contributed by atoms with E-state index < -0.39 is 10.9 Å². The molecule has 0 saturated heterocycles. The third-order valence-corrected chi connectivity index (χ3v) is 3.12. The highest BCUT2D eigenvalue weighted by molar-refractivity contribution is 9.10. The molecule has 0 amide bonds. The van der Waals surface area contributed by atoms with Crippen molar-refractivity contribution in [2.24, 2.45) is 0 Å². The maximum atomic E-state index is 11.0. The van der Waals surface area contributed by atoms with Crippen molar-refractivity contribution >= 4 is 27.6 Å². The minimum Gasteiger partial charge on any atom is -0.481 e. The second-order valence-electron chi connectivity index (χ2n) is 4.19. The number of hydrogen-bond acceptors (Lipinski definition) is 4. The lowest BCUT2D eigenvalue weighted by Crippen LogP contribution is -1.99. The lowest BCUT2D eigenvalue weighted by molar-refractivity contribution is -0.385. The van der Waals surface area contributed by atoms with E-state index in [-0.39, 0.29) is 17.9 Å². The normalized spacial score (nSPS) is 10.1. The van der Waals surface area contributed by atoms with Crippen molar-refractivity contribution in [2.75, 3.05) is 0 Å². The quantitative estimate of drug-likeness (QED) is 0.653. The number of hydrogen-bond donors (Lipinski definition) is 1. The Morgan fingerprint density at radius 1 is 1.24 bits per heavy atom. The first kappa shape index (κ1) is 15.0. The molecule has 2 rings (SSSR count). The van der Waals surface area contributed by atoms with Gasteiger partial charge in [-0.25, -0.2) is 0 Å². The van der Waals surface area contributed by atoms with Gasteiger partial charge in [0.15, 0.2) is 0 Å². The Labute approximate surface area is 128 Å². The average molecular weight is 352 g/mol. The van der Waals surface area contributed by atoms with E-state index in [4.69, 9.17) is 9.84 Å². The highest BCUT2D eigenvalue weighted by Gasteiger charge is 2.16. The predicted molar refractivity (Wildman–Crippen MR) is 78.7 cm³/mol. The molecule has 108 valence electrons. The topological polar surface area (TPSA) is 89.7 Å². The van der Waals surface area contributed by atoms with Gasteiger partial charge in [0.25, 0.3) is 0 Å². The van der Waals surface area contributed by atoms with Gasteiger partial charge in [-0.05, 0) is 29.8 Å². The molecule has 0 spiro atoms. The fourth-order valence-corrected chi connectivity index (χ4v) is 2.05. The molecule has 0 heterocycles. The lowest BCUT2D eigenvalue weighted by atomic mass is 10.1. The number of carboxylic acids is 1. The van der Waals surface area contributed by atoms with Crippen molar-refractivity contribution in [1.82, 2.24) is 0 Å². The van der Waals surface area contributed by atoms with E-state index in [9.17, 15) is 14.9 Å². The molecule has 0 aromatic heterocycles. The monoisotopic (exact) mass is 351 g/mol. The van der Waals surface area contributed by atoms with Gasteiger partial charge >= 0.3 is 11.7 Å². The zero-order valence-corrected chi connectivity index (χ0v) is 12.2. The van der Waals surface area contributed by atoms with Crippen molar-refractivity contribution in [2.45, 2.75) is 6.42 Å². The van der Waals surface area contributed by atoms with Gasteiger partial charge in [-0.15, -0.1) is 0 Å². The maximum absolute atomic E-state index is 11.0. The van der Waals surface area contributed by atoms with Gasteiger partial charge in [0.2, 0.25) is 5.75 Å². The highest BCUT2D eigenvalue weighted by Crippen LogP contribution is 2.33. The molecule has 0 radical (unpaired) electrons. The Hall–Kier alpha value is -2.41. The fourth-order valence-electron chi connectivity index (χ4n) is 1.70. The Kier molecular flexibility index (Phi) is 4.54. The van der Waals surface area contributed by atoms with Gasteiger partial charge in [0, 0.05) is 10.5 Å². The molecular formula is C14H10BrNO5. The summed E-state index contributed by atoms with van der Waals surface area (Å²) in [4.78, 5) is 21.0. The van der Waals surface area contributed by atoms with Gasteiger partial charge in [-0.2, -0.15) is 0 Å². The first-order valence-corrected chi connectivity index (χ1v) is 6.67. The summed E-state index contributed by atoms with van der Waals surface area (Å²) in [5.74, 6) is -0.407. The fraction of sp³-hybridized carbons (Fsp3) is 0.0714. The third-order valence-electron chi connectivity index (χ3n) is 2.62. The Morgan fingerprint density at radius 3 is 2.48 bits per heavy atom. The number of nitrogens with zero attached hydrogens (tertiary/aromatic N) is 1. The Balaban J connectivity index is 2.22. The Morgan fingerprint density at radius 2 is 1.90 bits per heavy atom. The van der Waals surface area contributed by atoms with Gasteiger partial charge < -0.3 is 9.84 Å². The number of nitro benzene ring substituents is 1. The summed E-state index contributed by atoms with van der Waals surface area (Å²) in [6.45, 7) is 0. The minimum absolute atomic E-state index is 0.0846. The molecule has 0 unspecified atom stereocenters. The summed E-state index contributed by atoms with van der Waals surface area (Å²) in [5, 5.41) is 19.7. The first-order valence-electron chi connectivity index (χ1n) is 5.88. The number of carbonyl (C=O) groups is 1. The smallest absolute Gasteiger partial charge is 0.312 e. The van der Waals surface area contributed by atoms with E-state index in [1.165, 1.54) is 12.1 Å². The van der Waals surface area contributed by atoms with Crippen LogP contribution >= 0.6 is 15.9 Å². The molecule has 2 aromatic rings. The molecule has 6 nitrogen and oxygen atoms in total. The van der Waals surface area contributed by atoms with Crippen LogP contribution in [0.2, 0.25) is 0 Å². The van der Waals surface area contributed by atoms with Crippen LogP contribution in [0.15, 0.2) is 46.9 Å². The molecule has 0 aliphatic heterocycles. The van der Waals surface area contributed by atoms with Crippen molar-refractivity contribution in [3.8, 4) is 11.5 Å². The number of halogens is 1. The molecule has 21 heavy (non-hydrogen) atoms. The number of rotatable bonds is 5. The SMILES string of the molecule is O=C(O)Cc1ccc(Oc2ccc(Br)cc2[N+](=O)[O-])cc1. The van der Waals surface area contributed by atoms with Crippen molar-refractivity contribution < 1.29 is 19.6 Å². The maximum Gasteiger partial charge on any atom is 0.312 e. The second-order valence-corrected chi connectivity index (χ2v) is 5.10. The van der Waals surface area contributed by atoms with Crippen molar-refractivity contribution in [3.05, 3.63) is 62.6 Å². The number of aliphatic carboxylic acids is 1. The minimum atomic E-state index is -0.924. The second kappa shape index (κ2) is 6.36. The highest BCUT2D eigenvalue weighted by atomic mass is 79.9. The van der Waals surface area contributed by atoms with Crippen LogP contribution in [0.25, 0.3) is 0 Å². The molecule has 2 aromatic carbocycles. The van der Waals surface area contributed by atoms with Crippen LogP contribution in [0.4, 0.5) is 5.69 Å². The summed E-state index contributed by atoms with van der Waals surface area (Å²) < 4.78 is 6.06. The summed E-state index contributed by atoms with van der Waals surface area (Å²) in [5.41, 5.74) is 0.471. The van der Waals surface area contributed by atoms with E-state index in [0.29, 0.717) is 15.8 Å². The number of nitro groups is 1. The first-order chi connectivity index (χ1) is 9.95. The van der Waals surface area contributed by atoms with Crippen molar-refractivity contribution in [3.63, 3.8) is 0 Å². The zero-order chi connectivity index (χ0) is 15.4. The number of carboxylic acid groups (broad SMARTS) is 1. The van der Waals surface area contributed by atoms with Crippen LogP contribution in [-0.4, -0.2) is 16.0 Å². The molecule has 0 aliphatic carbocycles. The zero-order valence-electron chi connectivity index (χ0n) is 10.7. The summed E-state index contributed by atoms with van der Waals surface area (Å²) >= 11 is 3.17. The van der Waals surface area contributed by atoms with Gasteiger partial charge in [0.1, 0.15) is 5.75 Å². The van der Waals surface area contributed by atoms with Crippen LogP contribution in [0.5, 0.6) is 11.5 Å². The Bertz CT molecular complexity index is 684. The van der Waals surface area contributed by atoms with Crippen LogP contribution < -0.4 is 4.74 Å². The summed E-state index contributed by atoms with van der Waals surface area (Å²) in [7, 11) is 0. The molecule has 0 aliphatic rings. The average Bonchev–Trinajstić information content (AvgIpc) is 2.42. The van der Waals surface area contributed by atoms with Crippen molar-refractivity contribution in [1.29, 1.82) is 0 Å². The largest absolute Gasteiger partial charge is 0.481 e. The van der Waals surface area contributed by atoms with Crippen LogP contribution in [0, 0.1) is 10.1 Å². The third kappa shape index (κ3) is 4.03. The number of ether oxygens (including phenoxy) is 1. The molecule has 0 fully saturated rings. The molecule has 7 heteroatoms. The molecule has 0 bridgehead atoms. The van der Waals surface area contributed by atoms with Crippen LogP contribution in [-0.2, 0) is 11.2 Å². The standard InChI is InChI=1S/C14H10BrNO5/c15-10-3-6-13(12(8-10)16(19)20)21-11-4-1-9(2-5-11)7-14(17)18/h1-6,8H,7H2,(H,17,18). The van der Waals surface area contributed by atoms with Gasteiger partial charge in [-0.3, -0.25) is 14.9 Å². The number of benzene rings is 2. The molecule has 1 N–H and O–H groups in total. The van der Waals surface area contributed by atoms with E-state index >= 15 is 0 Å². The van der Waals surface area contributed by atoms with Gasteiger partial charge in [0.05, 0.1) is 11.3 Å². The van der Waals surface area contributed by atoms with Crippen LogP contribution in [0.1, 0.15) is 5.56 Å². The summed E-state index contributed by atoms with van der Waals surface area (Å²) in [6, 6.07) is 10.8. The molecule has 0 atom stereocenters. The van der Waals surface area contributed by atoms with Crippen LogP contribution in [0.3, 0.4) is 0 Å². The summed E-state index contributed by atoms with van der Waals surface area (Å²) in [6.07, 6.45) is -0.0846. The van der Waals surface area contributed by atoms with E-state index in [1.807, 2.05) is 0 Å². The van der Waals surface area contributed by atoms with E-state index in [0.717, 1.165) is 0 Å². The lowest BCUT2D eigenvalue weighted by Gasteiger charge is -2.07. The van der Waals surface area contributed by atoms with E-state index in [1.54, 1.807) is 30.3 Å². The molecule has 0 saturated carbocycles. The predicted octanol–water partition coefficient (Wildman–Crippen LogP) is 3.78. The van der Waals surface area contributed by atoms with Gasteiger partial charge in [-0.1, -0.05) is 28.1 Å². The molecular weight excluding hydrogens is 342 g/mol. The van der Waals surface area contributed by atoms with E-state index in [2.05, 4.69) is 15.9 Å².